The van der Waals surface area contributed by atoms with E-state index in [2.05, 4.69) is 0 Å². The zero-order valence-electron chi connectivity index (χ0n) is 16.8. The molecule has 0 radical (unpaired) electrons. The summed E-state index contributed by atoms with van der Waals surface area (Å²) in [5.74, 6) is -3.08. The van der Waals surface area contributed by atoms with Crippen LogP contribution in [0.3, 0.4) is 0 Å². The largest absolute Gasteiger partial charge is 0.479 e. The Morgan fingerprint density at radius 1 is 0.933 bits per heavy atom. The van der Waals surface area contributed by atoms with Crippen LogP contribution in [0, 0.1) is 11.8 Å². The molecule has 0 aromatic carbocycles. The highest BCUT2D eigenvalue weighted by molar-refractivity contribution is 5.73. The van der Waals surface area contributed by atoms with Crippen molar-refractivity contribution in [2.45, 2.75) is 62.4 Å². The molecule has 4 unspecified atom stereocenters. The summed E-state index contributed by atoms with van der Waals surface area (Å²) in [5, 5.41) is 50.5. The van der Waals surface area contributed by atoms with Crippen LogP contribution < -0.4 is 0 Å². The van der Waals surface area contributed by atoms with Gasteiger partial charge in [0.1, 0.15) is 24.4 Å². The summed E-state index contributed by atoms with van der Waals surface area (Å²) >= 11 is 0. The van der Waals surface area contributed by atoms with Crippen LogP contribution in [0.5, 0.6) is 0 Å². The summed E-state index contributed by atoms with van der Waals surface area (Å²) in [6.45, 7) is 1.18. The van der Waals surface area contributed by atoms with Gasteiger partial charge in [-0.15, -0.1) is 0 Å². The van der Waals surface area contributed by atoms with Gasteiger partial charge in [-0.2, -0.15) is 0 Å². The summed E-state index contributed by atoms with van der Waals surface area (Å²) in [6, 6.07) is 0. The number of methoxy groups -OCH3 is 1. The summed E-state index contributed by atoms with van der Waals surface area (Å²) in [6.07, 6.45) is -9.64. The average Bonchev–Trinajstić information content (AvgIpc) is 2.71. The average molecular weight is 438 g/mol. The van der Waals surface area contributed by atoms with E-state index < -0.39 is 66.8 Å². The number of aliphatic hydroxyl groups is 4. The van der Waals surface area contributed by atoms with E-state index in [-0.39, 0.29) is 26.3 Å². The molecule has 0 aromatic rings. The molecule has 30 heavy (non-hydrogen) atoms. The standard InChI is InChI=1S/C18H30O12/c1-3-8-12(20)15(23)11(30-18(8)28-7-19)6-27-4-9-13(21)14(22)10(5-26-2)29-16(9)17(24)25/h7-16,18,20-23H,3-6H2,1-2H3,(H,24,25)/t8-,9-,10-,11-,12+,13?,14?,15?,16-,18?/m0/s1. The molecule has 2 aliphatic rings. The van der Waals surface area contributed by atoms with Gasteiger partial charge in [0, 0.05) is 18.9 Å². The molecule has 0 aliphatic carbocycles. The third-order valence-electron chi connectivity index (χ3n) is 5.54. The Labute approximate surface area is 173 Å². The molecule has 2 saturated heterocycles. The Morgan fingerprint density at radius 2 is 1.53 bits per heavy atom. The van der Waals surface area contributed by atoms with Crippen LogP contribution in [0.15, 0.2) is 0 Å². The highest BCUT2D eigenvalue weighted by Crippen LogP contribution is 2.30. The van der Waals surface area contributed by atoms with Crippen molar-refractivity contribution in [3.8, 4) is 0 Å². The second-order valence-electron chi connectivity index (χ2n) is 7.40. The second kappa shape index (κ2) is 11.3. The van der Waals surface area contributed by atoms with E-state index in [1.807, 2.05) is 0 Å². The number of rotatable bonds is 10. The number of carboxylic acids is 1. The zero-order chi connectivity index (χ0) is 22.4. The van der Waals surface area contributed by atoms with Crippen LogP contribution >= 0.6 is 0 Å². The van der Waals surface area contributed by atoms with Gasteiger partial charge < -0.3 is 49.2 Å². The summed E-state index contributed by atoms with van der Waals surface area (Å²) in [7, 11) is 1.35. The molecule has 174 valence electrons. The smallest absolute Gasteiger partial charge is 0.333 e. The van der Waals surface area contributed by atoms with Crippen LogP contribution in [0.2, 0.25) is 0 Å². The van der Waals surface area contributed by atoms with Crippen LogP contribution in [0.25, 0.3) is 0 Å². The van der Waals surface area contributed by atoms with Gasteiger partial charge in [0.2, 0.25) is 6.29 Å². The molecule has 12 heteroatoms. The van der Waals surface area contributed by atoms with Crippen molar-refractivity contribution < 1.29 is 58.8 Å². The van der Waals surface area contributed by atoms with E-state index in [0.29, 0.717) is 6.42 Å². The molecule has 0 spiro atoms. The molecule has 2 aliphatic heterocycles. The minimum atomic E-state index is -1.46. The van der Waals surface area contributed by atoms with Crippen molar-refractivity contribution in [3.05, 3.63) is 0 Å². The van der Waals surface area contributed by atoms with E-state index in [0.717, 1.165) is 0 Å². The number of hydrogen-bond donors (Lipinski definition) is 5. The Hall–Kier alpha value is -1.38. The van der Waals surface area contributed by atoms with Gasteiger partial charge in [0.25, 0.3) is 6.47 Å². The van der Waals surface area contributed by atoms with E-state index in [1.54, 1.807) is 6.92 Å². The normalized spacial score (nSPS) is 41.9. The molecule has 2 fully saturated rings. The topological polar surface area (TPSA) is 181 Å². The number of hydrogen-bond acceptors (Lipinski definition) is 11. The van der Waals surface area contributed by atoms with Gasteiger partial charge in [-0.3, -0.25) is 4.79 Å². The van der Waals surface area contributed by atoms with Gasteiger partial charge in [-0.1, -0.05) is 6.92 Å². The number of carbonyl (C=O) groups excluding carboxylic acids is 1. The Balaban J connectivity index is 1.99. The lowest BCUT2D eigenvalue weighted by molar-refractivity contribution is -0.278. The van der Waals surface area contributed by atoms with Crippen molar-refractivity contribution >= 4 is 12.4 Å². The SMILES string of the molecule is CC[C@@H]1C(OC=O)O[C@@H](COC[C@H]2C(O)C(O)[C@H](COC)O[C@@H]2C(=O)O)C(O)[C@@H]1O. The Bertz CT molecular complexity index is 559. The molecule has 12 nitrogen and oxygen atoms in total. The second-order valence-corrected chi connectivity index (χ2v) is 7.40. The first kappa shape index (κ1) is 24.9. The molecule has 0 saturated carbocycles. The third kappa shape index (κ3) is 5.45. The predicted molar refractivity (Wildman–Crippen MR) is 96.1 cm³/mol. The lowest BCUT2D eigenvalue weighted by Crippen LogP contribution is -2.59. The molecule has 0 aromatic heterocycles. The third-order valence-corrected chi connectivity index (χ3v) is 5.54. The number of carboxylic acid groups (broad SMARTS) is 1. The van der Waals surface area contributed by atoms with Crippen molar-refractivity contribution in [2.24, 2.45) is 11.8 Å². The summed E-state index contributed by atoms with van der Waals surface area (Å²) in [4.78, 5) is 22.2. The first-order chi connectivity index (χ1) is 14.3. The number of ether oxygens (including phenoxy) is 5. The number of aliphatic hydroxyl groups excluding tert-OH is 4. The van der Waals surface area contributed by atoms with Gasteiger partial charge in [0.05, 0.1) is 32.0 Å². The minimum Gasteiger partial charge on any atom is -0.479 e. The Morgan fingerprint density at radius 3 is 2.07 bits per heavy atom. The fourth-order valence-electron chi connectivity index (χ4n) is 3.82. The molecular formula is C18H30O12. The molecular weight excluding hydrogens is 408 g/mol. The highest BCUT2D eigenvalue weighted by atomic mass is 16.7. The van der Waals surface area contributed by atoms with Gasteiger partial charge in [-0.25, -0.2) is 4.79 Å². The lowest BCUT2D eigenvalue weighted by Gasteiger charge is -2.42. The van der Waals surface area contributed by atoms with Crippen LogP contribution in [0.4, 0.5) is 0 Å². The fraction of sp³-hybridized carbons (Fsp3) is 0.889. The minimum absolute atomic E-state index is 0.105. The lowest BCUT2D eigenvalue weighted by atomic mass is 9.87. The van der Waals surface area contributed by atoms with Crippen LogP contribution in [0.1, 0.15) is 13.3 Å². The van der Waals surface area contributed by atoms with Crippen molar-refractivity contribution in [1.29, 1.82) is 0 Å². The van der Waals surface area contributed by atoms with Gasteiger partial charge in [0.15, 0.2) is 6.10 Å². The van der Waals surface area contributed by atoms with E-state index in [1.165, 1.54) is 7.11 Å². The van der Waals surface area contributed by atoms with Gasteiger partial charge in [-0.05, 0) is 6.42 Å². The summed E-state index contributed by atoms with van der Waals surface area (Å²) in [5.41, 5.74) is 0. The molecule has 10 atom stereocenters. The van der Waals surface area contributed by atoms with Crippen LogP contribution in [-0.2, 0) is 33.3 Å². The fourth-order valence-corrected chi connectivity index (χ4v) is 3.82. The van der Waals surface area contributed by atoms with Crippen molar-refractivity contribution in [3.63, 3.8) is 0 Å². The zero-order valence-corrected chi connectivity index (χ0v) is 16.8. The van der Waals surface area contributed by atoms with Crippen molar-refractivity contribution in [2.75, 3.05) is 26.9 Å². The molecule has 0 bridgehead atoms. The number of aliphatic carboxylic acids is 1. The predicted octanol–water partition coefficient (Wildman–Crippen LogP) is -2.51. The molecule has 2 rings (SSSR count). The number of carbonyl (C=O) groups is 2. The van der Waals surface area contributed by atoms with E-state index >= 15 is 0 Å². The van der Waals surface area contributed by atoms with Crippen LogP contribution in [-0.4, -0.2) is 114 Å². The summed E-state index contributed by atoms with van der Waals surface area (Å²) < 4.78 is 26.0. The molecule has 2 heterocycles. The maximum atomic E-state index is 11.5. The maximum absolute atomic E-state index is 11.5. The first-order valence-corrected chi connectivity index (χ1v) is 9.68. The quantitative estimate of drug-likeness (QED) is 0.226. The molecule has 5 N–H and O–H groups in total. The van der Waals surface area contributed by atoms with Gasteiger partial charge >= 0.3 is 5.97 Å². The first-order valence-electron chi connectivity index (χ1n) is 9.68. The maximum Gasteiger partial charge on any atom is 0.333 e. The monoisotopic (exact) mass is 438 g/mol. The van der Waals surface area contributed by atoms with E-state index in [9.17, 15) is 35.1 Å². The van der Waals surface area contributed by atoms with Crippen molar-refractivity contribution in [1.82, 2.24) is 0 Å². The molecule has 0 amide bonds. The van der Waals surface area contributed by atoms with E-state index in [4.69, 9.17) is 23.7 Å². The Kier molecular flexibility index (Phi) is 9.37. The highest BCUT2D eigenvalue weighted by Gasteiger charge is 2.48.